The van der Waals surface area contributed by atoms with Crippen LogP contribution in [0.25, 0.3) is 10.6 Å². The van der Waals surface area contributed by atoms with E-state index in [1.807, 2.05) is 0 Å². The van der Waals surface area contributed by atoms with Gasteiger partial charge in [-0.25, -0.2) is 4.68 Å². The molecule has 1 atom stereocenters. The molecule has 2 aromatic heterocycles. The van der Waals surface area contributed by atoms with Crippen molar-refractivity contribution in [1.29, 1.82) is 0 Å². The predicted molar refractivity (Wildman–Crippen MR) is 101 cm³/mol. The van der Waals surface area contributed by atoms with Crippen molar-refractivity contribution in [2.24, 2.45) is 21.4 Å². The number of aromatic nitrogens is 1. The maximum Gasteiger partial charge on any atom is 0.206 e. The van der Waals surface area contributed by atoms with Crippen LogP contribution in [0.4, 0.5) is 0 Å². The molecule has 3 nitrogen and oxygen atoms in total. The molecule has 3 rings (SSSR count). The van der Waals surface area contributed by atoms with Crippen molar-refractivity contribution in [1.82, 2.24) is 4.68 Å². The zero-order chi connectivity index (χ0) is 16.4. The van der Waals surface area contributed by atoms with E-state index in [1.165, 1.54) is 22.7 Å². The zero-order valence-electron chi connectivity index (χ0n) is 14.4. The molecular weight excluding hydrogens is 322 g/mol. The van der Waals surface area contributed by atoms with Gasteiger partial charge in [-0.1, -0.05) is 26.8 Å². The Balaban J connectivity index is 2.06. The van der Waals surface area contributed by atoms with Gasteiger partial charge in [-0.2, -0.15) is 5.10 Å². The van der Waals surface area contributed by atoms with Gasteiger partial charge in [0.1, 0.15) is 0 Å². The molecule has 0 N–H and O–H groups in total. The highest BCUT2D eigenvalue weighted by molar-refractivity contribution is 7.14. The molecule has 2 heterocycles. The van der Waals surface area contributed by atoms with E-state index in [9.17, 15) is 0 Å². The Kier molecular flexibility index (Phi) is 4.87. The van der Waals surface area contributed by atoms with Gasteiger partial charge in [0, 0.05) is 17.6 Å². The molecule has 0 spiro atoms. The van der Waals surface area contributed by atoms with Crippen molar-refractivity contribution in [3.8, 4) is 10.6 Å². The standard InChI is InChI=1S/C18H25N3S2/c1-5-19-17-21(15(12-23-17)16-7-6-8-22-16)20-14-9-13(2)10-18(3,4)11-14/h6-8,12-13H,5,9-11H2,1-4H3. The van der Waals surface area contributed by atoms with Crippen LogP contribution in [-0.2, 0) is 0 Å². The maximum atomic E-state index is 5.06. The summed E-state index contributed by atoms with van der Waals surface area (Å²) in [5.41, 5.74) is 2.82. The van der Waals surface area contributed by atoms with Gasteiger partial charge in [-0.15, -0.1) is 22.7 Å². The van der Waals surface area contributed by atoms with Gasteiger partial charge in [-0.05, 0) is 49.0 Å². The fourth-order valence-corrected chi connectivity index (χ4v) is 5.25. The number of hydrogen-bond donors (Lipinski definition) is 0. The van der Waals surface area contributed by atoms with E-state index in [1.54, 1.807) is 22.7 Å². The molecule has 124 valence electrons. The van der Waals surface area contributed by atoms with Crippen molar-refractivity contribution in [2.75, 3.05) is 6.54 Å². The number of thiophene rings is 1. The normalized spacial score (nSPS) is 23.6. The molecule has 0 aliphatic heterocycles. The lowest BCUT2D eigenvalue weighted by atomic mass is 9.72. The monoisotopic (exact) mass is 347 g/mol. The van der Waals surface area contributed by atoms with Gasteiger partial charge >= 0.3 is 0 Å². The predicted octanol–water partition coefficient (Wildman–Crippen LogP) is 5.25. The van der Waals surface area contributed by atoms with Crippen LogP contribution in [-0.4, -0.2) is 16.9 Å². The summed E-state index contributed by atoms with van der Waals surface area (Å²) in [7, 11) is 0. The number of nitrogens with zero attached hydrogens (tertiary/aromatic N) is 3. The van der Waals surface area contributed by atoms with Crippen LogP contribution in [0.5, 0.6) is 0 Å². The lowest BCUT2D eigenvalue weighted by Gasteiger charge is -2.34. The Morgan fingerprint density at radius 1 is 1.35 bits per heavy atom. The number of thiazole rings is 1. The molecule has 5 heteroatoms. The van der Waals surface area contributed by atoms with Gasteiger partial charge in [0.15, 0.2) is 0 Å². The first kappa shape index (κ1) is 16.7. The molecule has 0 radical (unpaired) electrons. The molecule has 1 aliphatic carbocycles. The summed E-state index contributed by atoms with van der Waals surface area (Å²) in [6.45, 7) is 9.92. The van der Waals surface area contributed by atoms with Gasteiger partial charge in [0.25, 0.3) is 0 Å². The van der Waals surface area contributed by atoms with E-state index >= 15 is 0 Å². The van der Waals surface area contributed by atoms with Crippen molar-refractivity contribution in [3.63, 3.8) is 0 Å². The Hall–Kier alpha value is -1.20. The average Bonchev–Trinajstić information content (AvgIpc) is 3.07. The highest BCUT2D eigenvalue weighted by Crippen LogP contribution is 2.37. The Labute approximate surface area is 146 Å². The minimum atomic E-state index is 0.345. The molecule has 1 aliphatic rings. The molecule has 1 saturated carbocycles. The fourth-order valence-electron chi connectivity index (χ4n) is 3.57. The van der Waals surface area contributed by atoms with E-state index in [0.717, 1.165) is 24.2 Å². The van der Waals surface area contributed by atoms with Gasteiger partial charge in [0.05, 0.1) is 10.6 Å². The first-order chi connectivity index (χ1) is 11.0. The SMILES string of the molecule is CCN=c1scc(-c2cccs2)n1N=C1CC(C)CC(C)(C)C1. The minimum Gasteiger partial charge on any atom is -0.258 e. The molecule has 0 saturated heterocycles. The minimum absolute atomic E-state index is 0.345. The largest absolute Gasteiger partial charge is 0.258 e. The van der Waals surface area contributed by atoms with Crippen LogP contribution in [0.1, 0.15) is 47.0 Å². The first-order valence-electron chi connectivity index (χ1n) is 8.30. The summed E-state index contributed by atoms with van der Waals surface area (Å²) >= 11 is 3.44. The molecule has 0 amide bonds. The van der Waals surface area contributed by atoms with E-state index in [-0.39, 0.29) is 0 Å². The second-order valence-corrected chi connectivity index (χ2v) is 8.97. The second-order valence-electron chi connectivity index (χ2n) is 7.19. The van der Waals surface area contributed by atoms with Crippen LogP contribution < -0.4 is 4.80 Å². The van der Waals surface area contributed by atoms with Crippen molar-refractivity contribution in [3.05, 3.63) is 27.7 Å². The number of rotatable bonds is 3. The van der Waals surface area contributed by atoms with Gasteiger partial charge in [-0.3, -0.25) is 4.99 Å². The third kappa shape index (κ3) is 3.83. The Morgan fingerprint density at radius 3 is 2.83 bits per heavy atom. The quantitative estimate of drug-likeness (QED) is 0.726. The highest BCUT2D eigenvalue weighted by Gasteiger charge is 2.29. The van der Waals surface area contributed by atoms with Gasteiger partial charge in [0.2, 0.25) is 4.80 Å². The van der Waals surface area contributed by atoms with Crippen molar-refractivity contribution >= 4 is 28.4 Å². The topological polar surface area (TPSA) is 29.6 Å². The number of hydrogen-bond acceptors (Lipinski definition) is 4. The smallest absolute Gasteiger partial charge is 0.206 e. The summed E-state index contributed by atoms with van der Waals surface area (Å²) in [6, 6.07) is 4.25. The fraction of sp³-hybridized carbons (Fsp3) is 0.556. The molecule has 1 fully saturated rings. The summed E-state index contributed by atoms with van der Waals surface area (Å²) in [6.07, 6.45) is 3.46. The van der Waals surface area contributed by atoms with Crippen LogP contribution in [0, 0.1) is 11.3 Å². The molecular formula is C18H25N3S2. The first-order valence-corrected chi connectivity index (χ1v) is 10.1. The van der Waals surface area contributed by atoms with Crippen molar-refractivity contribution < 1.29 is 0 Å². The maximum absolute atomic E-state index is 5.06. The summed E-state index contributed by atoms with van der Waals surface area (Å²) in [5, 5.41) is 9.36. The summed E-state index contributed by atoms with van der Waals surface area (Å²) in [5.74, 6) is 0.702. The second kappa shape index (κ2) is 6.73. The summed E-state index contributed by atoms with van der Waals surface area (Å²) < 4.78 is 2.07. The van der Waals surface area contributed by atoms with E-state index < -0.39 is 0 Å². The van der Waals surface area contributed by atoms with Crippen LogP contribution >= 0.6 is 22.7 Å². The van der Waals surface area contributed by atoms with Crippen LogP contribution in [0.2, 0.25) is 0 Å². The van der Waals surface area contributed by atoms with Gasteiger partial charge < -0.3 is 0 Å². The molecule has 1 unspecified atom stereocenters. The van der Waals surface area contributed by atoms with Crippen LogP contribution in [0.15, 0.2) is 33.0 Å². The lowest BCUT2D eigenvalue weighted by molar-refractivity contribution is 0.265. The molecule has 2 aromatic rings. The Morgan fingerprint density at radius 2 is 2.17 bits per heavy atom. The molecule has 0 aromatic carbocycles. The lowest BCUT2D eigenvalue weighted by Crippen LogP contribution is -2.29. The Bertz CT molecular complexity index is 748. The average molecular weight is 348 g/mol. The zero-order valence-corrected chi connectivity index (χ0v) is 16.0. The van der Waals surface area contributed by atoms with E-state index in [4.69, 9.17) is 5.10 Å². The molecule has 0 bridgehead atoms. The molecule has 23 heavy (non-hydrogen) atoms. The third-order valence-electron chi connectivity index (χ3n) is 4.16. The van der Waals surface area contributed by atoms with E-state index in [2.05, 4.69) is 60.3 Å². The van der Waals surface area contributed by atoms with Crippen LogP contribution in [0.3, 0.4) is 0 Å². The third-order valence-corrected chi connectivity index (χ3v) is 5.91. The van der Waals surface area contributed by atoms with Crippen molar-refractivity contribution in [2.45, 2.75) is 47.0 Å². The van der Waals surface area contributed by atoms with E-state index in [0.29, 0.717) is 11.3 Å². The highest BCUT2D eigenvalue weighted by atomic mass is 32.1. The summed E-state index contributed by atoms with van der Waals surface area (Å²) in [4.78, 5) is 6.89.